The third-order valence-electron chi connectivity index (χ3n) is 5.90. The molecule has 30 heavy (non-hydrogen) atoms. The van der Waals surface area contributed by atoms with Gasteiger partial charge < -0.3 is 5.32 Å². The molecule has 0 radical (unpaired) electrons. The summed E-state index contributed by atoms with van der Waals surface area (Å²) < 4.78 is 1.71. The Balaban J connectivity index is 1.30. The SMILES string of the molecule is O=C(N[C@H]1CC[C@H](c2n[nH]c(=O)c3ccccc32)CC1)c1cnc2c(Cl)cccn12. The lowest BCUT2D eigenvalue weighted by Gasteiger charge is -2.29. The number of hydrogen-bond acceptors (Lipinski definition) is 4. The first-order valence-electron chi connectivity index (χ1n) is 10.0. The molecule has 2 N–H and O–H groups in total. The molecule has 0 bridgehead atoms. The Bertz CT molecular complexity index is 1300. The fourth-order valence-corrected chi connectivity index (χ4v) is 4.57. The van der Waals surface area contributed by atoms with Crippen molar-refractivity contribution in [2.45, 2.75) is 37.6 Å². The zero-order valence-corrected chi connectivity index (χ0v) is 16.9. The number of nitrogens with zero attached hydrogens (tertiary/aromatic N) is 3. The predicted molar refractivity (Wildman–Crippen MR) is 115 cm³/mol. The molecule has 0 saturated heterocycles. The molecule has 3 heterocycles. The van der Waals surface area contributed by atoms with E-state index in [0.29, 0.717) is 21.7 Å². The Morgan fingerprint density at radius 2 is 1.87 bits per heavy atom. The van der Waals surface area contributed by atoms with E-state index in [9.17, 15) is 9.59 Å². The number of aromatic nitrogens is 4. The highest BCUT2D eigenvalue weighted by atomic mass is 35.5. The van der Waals surface area contributed by atoms with Gasteiger partial charge in [0.25, 0.3) is 11.5 Å². The van der Waals surface area contributed by atoms with E-state index in [1.54, 1.807) is 28.9 Å². The summed E-state index contributed by atoms with van der Waals surface area (Å²) in [4.78, 5) is 29.1. The molecule has 7 nitrogen and oxygen atoms in total. The maximum Gasteiger partial charge on any atom is 0.272 e. The molecular weight excluding hydrogens is 402 g/mol. The molecule has 1 saturated carbocycles. The van der Waals surface area contributed by atoms with Gasteiger partial charge in [-0.1, -0.05) is 29.8 Å². The maximum atomic E-state index is 12.8. The fraction of sp³-hybridized carbons (Fsp3) is 0.273. The van der Waals surface area contributed by atoms with E-state index in [1.165, 1.54) is 0 Å². The normalized spacial score (nSPS) is 19.2. The van der Waals surface area contributed by atoms with E-state index >= 15 is 0 Å². The topological polar surface area (TPSA) is 92.1 Å². The van der Waals surface area contributed by atoms with Crippen molar-refractivity contribution in [3.05, 3.63) is 75.6 Å². The maximum absolute atomic E-state index is 12.8. The number of benzene rings is 1. The van der Waals surface area contributed by atoms with Crippen molar-refractivity contribution in [3.63, 3.8) is 0 Å². The molecule has 1 fully saturated rings. The molecule has 0 spiro atoms. The molecule has 5 rings (SSSR count). The number of rotatable bonds is 3. The second-order valence-electron chi connectivity index (χ2n) is 7.70. The Kier molecular flexibility index (Phi) is 4.75. The summed E-state index contributed by atoms with van der Waals surface area (Å²) in [7, 11) is 0. The average molecular weight is 422 g/mol. The van der Waals surface area contributed by atoms with Gasteiger partial charge in [0.15, 0.2) is 5.65 Å². The van der Waals surface area contributed by atoms with Crippen LogP contribution in [-0.2, 0) is 0 Å². The minimum absolute atomic E-state index is 0.0903. The first-order chi connectivity index (χ1) is 14.6. The van der Waals surface area contributed by atoms with Gasteiger partial charge in [0.05, 0.1) is 22.3 Å². The highest BCUT2D eigenvalue weighted by Gasteiger charge is 2.27. The van der Waals surface area contributed by atoms with Crippen molar-refractivity contribution >= 4 is 33.9 Å². The van der Waals surface area contributed by atoms with Crippen molar-refractivity contribution in [1.29, 1.82) is 0 Å². The molecule has 152 valence electrons. The smallest absolute Gasteiger partial charge is 0.272 e. The van der Waals surface area contributed by atoms with Gasteiger partial charge in [-0.3, -0.25) is 14.0 Å². The lowest BCUT2D eigenvalue weighted by molar-refractivity contribution is 0.0919. The quantitative estimate of drug-likeness (QED) is 0.527. The van der Waals surface area contributed by atoms with Crippen molar-refractivity contribution in [1.82, 2.24) is 24.9 Å². The van der Waals surface area contributed by atoms with Gasteiger partial charge >= 0.3 is 0 Å². The largest absolute Gasteiger partial charge is 0.348 e. The number of nitrogens with one attached hydrogen (secondary N) is 2. The number of carbonyl (C=O) groups excluding carboxylic acids is 1. The second-order valence-corrected chi connectivity index (χ2v) is 8.11. The van der Waals surface area contributed by atoms with Gasteiger partial charge in [-0.2, -0.15) is 5.10 Å². The van der Waals surface area contributed by atoms with Crippen LogP contribution in [0.3, 0.4) is 0 Å². The van der Waals surface area contributed by atoms with E-state index in [4.69, 9.17) is 11.6 Å². The van der Waals surface area contributed by atoms with Gasteiger partial charge in [0.2, 0.25) is 0 Å². The number of imidazole rings is 1. The number of amides is 1. The molecule has 0 unspecified atom stereocenters. The molecule has 1 aliphatic rings. The third kappa shape index (κ3) is 3.25. The number of carbonyl (C=O) groups is 1. The van der Waals surface area contributed by atoms with Gasteiger partial charge in [0, 0.05) is 23.5 Å². The van der Waals surface area contributed by atoms with Crippen molar-refractivity contribution in [2.75, 3.05) is 0 Å². The first-order valence-corrected chi connectivity index (χ1v) is 10.4. The highest BCUT2D eigenvalue weighted by molar-refractivity contribution is 6.33. The van der Waals surface area contributed by atoms with Crippen LogP contribution in [-0.4, -0.2) is 31.5 Å². The zero-order chi connectivity index (χ0) is 20.7. The van der Waals surface area contributed by atoms with Crippen molar-refractivity contribution in [2.24, 2.45) is 0 Å². The van der Waals surface area contributed by atoms with Crippen LogP contribution in [0, 0.1) is 0 Å². The standard InChI is InChI=1S/C22H20ClN5O2/c23-17-6-3-11-28-18(12-24-20(17)28)22(30)25-14-9-7-13(8-10-14)19-15-4-1-2-5-16(15)21(29)27-26-19/h1-6,11-14H,7-10H2,(H,25,30)(H,27,29)/t13-,14-. The summed E-state index contributed by atoms with van der Waals surface area (Å²) in [6.45, 7) is 0. The van der Waals surface area contributed by atoms with E-state index in [0.717, 1.165) is 36.8 Å². The van der Waals surface area contributed by atoms with Crippen LogP contribution in [0.2, 0.25) is 5.02 Å². The third-order valence-corrected chi connectivity index (χ3v) is 6.19. The Morgan fingerprint density at radius 1 is 1.10 bits per heavy atom. The molecule has 1 aromatic carbocycles. The molecule has 3 aromatic heterocycles. The molecular formula is C22H20ClN5O2. The zero-order valence-electron chi connectivity index (χ0n) is 16.1. The minimum Gasteiger partial charge on any atom is -0.348 e. The summed E-state index contributed by atoms with van der Waals surface area (Å²) in [5.41, 5.74) is 1.82. The second kappa shape index (κ2) is 7.57. The van der Waals surface area contributed by atoms with Gasteiger partial charge in [-0.05, 0) is 43.9 Å². The summed E-state index contributed by atoms with van der Waals surface area (Å²) in [5.74, 6) is 0.107. The van der Waals surface area contributed by atoms with Crippen LogP contribution in [0.5, 0.6) is 0 Å². The van der Waals surface area contributed by atoms with E-state index in [2.05, 4.69) is 20.5 Å². The number of fused-ring (bicyclic) bond motifs is 2. The monoisotopic (exact) mass is 421 g/mol. The molecule has 8 heteroatoms. The predicted octanol–water partition coefficient (Wildman–Crippen LogP) is 3.68. The Hall–Kier alpha value is -3.19. The van der Waals surface area contributed by atoms with Crippen LogP contribution < -0.4 is 10.9 Å². The highest BCUT2D eigenvalue weighted by Crippen LogP contribution is 2.34. The van der Waals surface area contributed by atoms with Gasteiger partial charge in [-0.15, -0.1) is 0 Å². The Morgan fingerprint density at radius 3 is 2.67 bits per heavy atom. The van der Waals surface area contributed by atoms with E-state index in [-0.39, 0.29) is 23.4 Å². The van der Waals surface area contributed by atoms with E-state index in [1.807, 2.05) is 24.3 Å². The lowest BCUT2D eigenvalue weighted by atomic mass is 9.82. The van der Waals surface area contributed by atoms with Crippen LogP contribution in [0.4, 0.5) is 0 Å². The molecule has 4 aromatic rings. The van der Waals surface area contributed by atoms with Crippen LogP contribution in [0.15, 0.2) is 53.6 Å². The molecule has 1 amide bonds. The number of hydrogen-bond donors (Lipinski definition) is 2. The summed E-state index contributed by atoms with van der Waals surface area (Å²) in [5, 5.41) is 12.2. The summed E-state index contributed by atoms with van der Waals surface area (Å²) in [6, 6.07) is 11.2. The summed E-state index contributed by atoms with van der Waals surface area (Å²) >= 11 is 6.15. The van der Waals surface area contributed by atoms with Crippen molar-refractivity contribution < 1.29 is 4.79 Å². The van der Waals surface area contributed by atoms with Crippen LogP contribution in [0.25, 0.3) is 16.4 Å². The van der Waals surface area contributed by atoms with Crippen molar-refractivity contribution in [3.8, 4) is 0 Å². The first kappa shape index (κ1) is 18.8. The number of H-pyrrole nitrogens is 1. The van der Waals surface area contributed by atoms with Gasteiger partial charge in [-0.25, -0.2) is 10.1 Å². The average Bonchev–Trinajstić information content (AvgIpc) is 3.21. The summed E-state index contributed by atoms with van der Waals surface area (Å²) in [6.07, 6.45) is 6.83. The minimum atomic E-state index is -0.163. The number of halogens is 1. The Labute approximate surface area is 177 Å². The van der Waals surface area contributed by atoms with Gasteiger partial charge in [0.1, 0.15) is 5.69 Å². The lowest BCUT2D eigenvalue weighted by Crippen LogP contribution is -2.38. The molecule has 0 aliphatic heterocycles. The van der Waals surface area contributed by atoms with Crippen LogP contribution in [0.1, 0.15) is 47.8 Å². The number of aromatic amines is 1. The van der Waals surface area contributed by atoms with E-state index < -0.39 is 0 Å². The molecule has 1 aliphatic carbocycles. The number of pyridine rings is 1. The molecule has 0 atom stereocenters. The van der Waals surface area contributed by atoms with Crippen LogP contribution >= 0.6 is 11.6 Å². The fourth-order valence-electron chi connectivity index (χ4n) is 4.36.